The van der Waals surface area contributed by atoms with Gasteiger partial charge in [0.15, 0.2) is 0 Å². The summed E-state index contributed by atoms with van der Waals surface area (Å²) in [5.41, 5.74) is 7.04. The molecule has 0 aromatic carbocycles. The highest BCUT2D eigenvalue weighted by atomic mass is 32.1. The largest absolute Gasteiger partial charge is 0.328 e. The molecule has 0 spiro atoms. The summed E-state index contributed by atoms with van der Waals surface area (Å²) < 4.78 is 2.13. The molecule has 0 bridgehead atoms. The van der Waals surface area contributed by atoms with Gasteiger partial charge in [-0.1, -0.05) is 6.92 Å². The van der Waals surface area contributed by atoms with Gasteiger partial charge in [-0.15, -0.1) is 11.3 Å². The van der Waals surface area contributed by atoms with Crippen LogP contribution in [0.3, 0.4) is 0 Å². The summed E-state index contributed by atoms with van der Waals surface area (Å²) in [6.45, 7) is 4.91. The first kappa shape index (κ1) is 12.3. The third-order valence-corrected chi connectivity index (χ3v) is 3.69. The van der Waals surface area contributed by atoms with Crippen LogP contribution in [0.4, 0.5) is 0 Å². The van der Waals surface area contributed by atoms with E-state index in [1.807, 2.05) is 19.3 Å². The molecule has 2 heterocycles. The van der Waals surface area contributed by atoms with Gasteiger partial charge in [-0.25, -0.2) is 9.97 Å². The highest BCUT2D eigenvalue weighted by Crippen LogP contribution is 2.12. The Hall–Kier alpha value is -1.20. The van der Waals surface area contributed by atoms with Crippen molar-refractivity contribution in [1.82, 2.24) is 14.5 Å². The number of nitrogens with two attached hydrogens (primary N) is 1. The Morgan fingerprint density at radius 2 is 2.35 bits per heavy atom. The molecule has 2 rings (SSSR count). The maximum Gasteiger partial charge on any atom is 0.113 e. The lowest BCUT2D eigenvalue weighted by Crippen LogP contribution is -2.23. The van der Waals surface area contributed by atoms with Gasteiger partial charge >= 0.3 is 0 Å². The van der Waals surface area contributed by atoms with Gasteiger partial charge < -0.3 is 10.3 Å². The van der Waals surface area contributed by atoms with E-state index in [9.17, 15) is 0 Å². The lowest BCUT2D eigenvalue weighted by atomic mass is 10.1. The Morgan fingerprint density at radius 3 is 3.00 bits per heavy atom. The molecule has 2 aromatic rings. The first-order chi connectivity index (χ1) is 8.19. The number of aromatic nitrogens is 3. The minimum absolute atomic E-state index is 0.189. The molecular formula is C12H18N4S. The monoisotopic (exact) mass is 250 g/mol. The minimum Gasteiger partial charge on any atom is -0.328 e. The zero-order chi connectivity index (χ0) is 12.3. The Morgan fingerprint density at radius 1 is 1.53 bits per heavy atom. The van der Waals surface area contributed by atoms with E-state index in [-0.39, 0.29) is 6.04 Å². The standard InChI is InChI=1S/C12H18N4S/c1-3-10(13)6-11-14-4-5-16(11)7-12-15-9(2)8-17-12/h4-5,8,10H,3,6-7,13H2,1-2H3. The fourth-order valence-electron chi connectivity index (χ4n) is 1.67. The van der Waals surface area contributed by atoms with Crippen LogP contribution in [0.2, 0.25) is 0 Å². The SMILES string of the molecule is CCC(N)Cc1nccn1Cc1nc(C)cs1. The van der Waals surface area contributed by atoms with Crippen LogP contribution in [0, 0.1) is 6.92 Å². The van der Waals surface area contributed by atoms with Gasteiger partial charge in [0.05, 0.1) is 6.54 Å². The van der Waals surface area contributed by atoms with Gasteiger partial charge in [0.1, 0.15) is 10.8 Å². The number of aryl methyl sites for hydroxylation is 1. The van der Waals surface area contributed by atoms with E-state index in [0.29, 0.717) is 0 Å². The number of hydrogen-bond donors (Lipinski definition) is 1. The molecule has 92 valence electrons. The topological polar surface area (TPSA) is 56.7 Å². The van der Waals surface area contributed by atoms with E-state index >= 15 is 0 Å². The molecule has 0 saturated heterocycles. The molecule has 2 N–H and O–H groups in total. The molecule has 0 fully saturated rings. The van der Waals surface area contributed by atoms with Crippen molar-refractivity contribution in [3.63, 3.8) is 0 Å². The van der Waals surface area contributed by atoms with Crippen LogP contribution in [0.1, 0.15) is 29.9 Å². The normalized spacial score (nSPS) is 12.9. The average molecular weight is 250 g/mol. The number of rotatable bonds is 5. The number of imidazole rings is 1. The van der Waals surface area contributed by atoms with E-state index in [2.05, 4.69) is 26.8 Å². The van der Waals surface area contributed by atoms with E-state index < -0.39 is 0 Å². The summed E-state index contributed by atoms with van der Waals surface area (Å²) in [4.78, 5) is 8.83. The van der Waals surface area contributed by atoms with Crippen LogP contribution in [0.15, 0.2) is 17.8 Å². The van der Waals surface area contributed by atoms with Crippen LogP contribution >= 0.6 is 11.3 Å². The van der Waals surface area contributed by atoms with Crippen LogP contribution < -0.4 is 5.73 Å². The molecule has 0 aliphatic heterocycles. The highest BCUT2D eigenvalue weighted by molar-refractivity contribution is 7.09. The first-order valence-corrected chi connectivity index (χ1v) is 6.73. The highest BCUT2D eigenvalue weighted by Gasteiger charge is 2.09. The van der Waals surface area contributed by atoms with Crippen LogP contribution in [-0.2, 0) is 13.0 Å². The predicted molar refractivity (Wildman–Crippen MR) is 70.2 cm³/mol. The summed E-state index contributed by atoms with van der Waals surface area (Å²) in [5, 5.41) is 3.19. The van der Waals surface area contributed by atoms with E-state index in [0.717, 1.165) is 35.9 Å². The summed E-state index contributed by atoms with van der Waals surface area (Å²) >= 11 is 1.69. The molecule has 17 heavy (non-hydrogen) atoms. The Kier molecular flexibility index (Phi) is 3.91. The molecule has 0 aliphatic rings. The smallest absolute Gasteiger partial charge is 0.113 e. The Labute approximate surface area is 106 Å². The second-order valence-electron chi connectivity index (χ2n) is 4.23. The predicted octanol–water partition coefficient (Wildman–Crippen LogP) is 1.98. The lowest BCUT2D eigenvalue weighted by Gasteiger charge is -2.10. The minimum atomic E-state index is 0.189. The van der Waals surface area contributed by atoms with Crippen molar-refractivity contribution < 1.29 is 0 Å². The first-order valence-electron chi connectivity index (χ1n) is 5.85. The Bertz CT molecular complexity index is 474. The number of nitrogens with zero attached hydrogens (tertiary/aromatic N) is 3. The fourth-order valence-corrected chi connectivity index (χ4v) is 2.44. The summed E-state index contributed by atoms with van der Waals surface area (Å²) in [6.07, 6.45) is 5.63. The van der Waals surface area contributed by atoms with Gasteiger partial charge in [-0.3, -0.25) is 0 Å². The van der Waals surface area contributed by atoms with Crippen LogP contribution in [0.5, 0.6) is 0 Å². The molecule has 0 amide bonds. The molecular weight excluding hydrogens is 232 g/mol. The van der Waals surface area contributed by atoms with E-state index in [1.165, 1.54) is 0 Å². The summed E-state index contributed by atoms with van der Waals surface area (Å²) in [7, 11) is 0. The van der Waals surface area contributed by atoms with E-state index in [1.54, 1.807) is 11.3 Å². The van der Waals surface area contributed by atoms with Gasteiger partial charge in [0, 0.05) is 35.9 Å². The second kappa shape index (κ2) is 5.42. The molecule has 4 nitrogen and oxygen atoms in total. The molecule has 0 radical (unpaired) electrons. The van der Waals surface area contributed by atoms with Gasteiger partial charge in [0.2, 0.25) is 0 Å². The van der Waals surface area contributed by atoms with Crippen molar-refractivity contribution in [1.29, 1.82) is 0 Å². The van der Waals surface area contributed by atoms with Crippen molar-refractivity contribution in [3.05, 3.63) is 34.3 Å². The quantitative estimate of drug-likeness (QED) is 0.882. The average Bonchev–Trinajstić information content (AvgIpc) is 2.89. The third-order valence-electron chi connectivity index (χ3n) is 2.74. The van der Waals surface area contributed by atoms with Crippen LogP contribution in [-0.4, -0.2) is 20.6 Å². The maximum atomic E-state index is 5.96. The maximum absolute atomic E-state index is 5.96. The molecule has 0 saturated carbocycles. The van der Waals surface area contributed by atoms with Crippen molar-refractivity contribution in [2.24, 2.45) is 5.73 Å². The van der Waals surface area contributed by atoms with Crippen LogP contribution in [0.25, 0.3) is 0 Å². The van der Waals surface area contributed by atoms with Crippen molar-refractivity contribution in [3.8, 4) is 0 Å². The zero-order valence-corrected chi connectivity index (χ0v) is 11.1. The molecule has 5 heteroatoms. The molecule has 2 aromatic heterocycles. The van der Waals surface area contributed by atoms with Crippen molar-refractivity contribution >= 4 is 11.3 Å². The second-order valence-corrected chi connectivity index (χ2v) is 5.17. The number of thiazole rings is 1. The van der Waals surface area contributed by atoms with Gasteiger partial charge in [0.25, 0.3) is 0 Å². The Balaban J connectivity index is 2.08. The zero-order valence-electron chi connectivity index (χ0n) is 10.3. The van der Waals surface area contributed by atoms with E-state index in [4.69, 9.17) is 5.73 Å². The molecule has 0 aliphatic carbocycles. The third kappa shape index (κ3) is 3.14. The van der Waals surface area contributed by atoms with Gasteiger partial charge in [-0.2, -0.15) is 0 Å². The molecule has 1 atom stereocenters. The van der Waals surface area contributed by atoms with Gasteiger partial charge in [-0.05, 0) is 13.3 Å². The van der Waals surface area contributed by atoms with Crippen molar-refractivity contribution in [2.45, 2.75) is 39.3 Å². The summed E-state index contributed by atoms with van der Waals surface area (Å²) in [5.74, 6) is 1.05. The number of hydrogen-bond acceptors (Lipinski definition) is 4. The fraction of sp³-hybridized carbons (Fsp3) is 0.500. The lowest BCUT2D eigenvalue weighted by molar-refractivity contribution is 0.596. The molecule has 1 unspecified atom stereocenters. The van der Waals surface area contributed by atoms with Crippen molar-refractivity contribution in [2.75, 3.05) is 0 Å². The summed E-state index contributed by atoms with van der Waals surface area (Å²) in [6, 6.07) is 0.189.